The lowest BCUT2D eigenvalue weighted by Crippen LogP contribution is -2.50. The lowest BCUT2D eigenvalue weighted by atomic mass is 9.83. The van der Waals surface area contributed by atoms with Crippen LogP contribution in [0.15, 0.2) is 0 Å². The molecule has 0 spiro atoms. The molecule has 1 aliphatic carbocycles. The number of hydrogen-bond donors (Lipinski definition) is 1. The van der Waals surface area contributed by atoms with E-state index < -0.39 is 0 Å². The summed E-state index contributed by atoms with van der Waals surface area (Å²) in [7, 11) is 0. The number of hydrogen-bond acceptors (Lipinski definition) is 3. The van der Waals surface area contributed by atoms with Crippen molar-refractivity contribution in [1.29, 1.82) is 0 Å². The van der Waals surface area contributed by atoms with Crippen molar-refractivity contribution >= 4 is 11.8 Å². The van der Waals surface area contributed by atoms with Crippen LogP contribution in [0.2, 0.25) is 0 Å². The number of rotatable bonds is 5. The van der Waals surface area contributed by atoms with Gasteiger partial charge in [0.15, 0.2) is 0 Å². The molecule has 5 heteroatoms. The summed E-state index contributed by atoms with van der Waals surface area (Å²) in [4.78, 5) is 26.4. The molecule has 1 saturated carbocycles. The molecular formula is C16H28N2O3. The van der Waals surface area contributed by atoms with E-state index in [1.54, 1.807) is 4.90 Å². The molecule has 5 nitrogen and oxygen atoms in total. The number of nitrogens with one attached hydrogen (secondary N) is 1. The molecule has 2 rings (SSSR count). The first kappa shape index (κ1) is 16.3. The first-order valence-electron chi connectivity index (χ1n) is 8.27. The molecule has 21 heavy (non-hydrogen) atoms. The van der Waals surface area contributed by atoms with E-state index in [0.717, 1.165) is 12.8 Å². The number of nitrogens with zero attached hydrogens (tertiary/aromatic N) is 1. The minimum atomic E-state index is -0.320. The minimum absolute atomic E-state index is 0.00574. The van der Waals surface area contributed by atoms with Gasteiger partial charge >= 0.3 is 0 Å². The van der Waals surface area contributed by atoms with Crippen LogP contribution in [0.5, 0.6) is 0 Å². The maximum Gasteiger partial charge on any atom is 0.245 e. The average molecular weight is 296 g/mol. The maximum atomic E-state index is 12.7. The summed E-state index contributed by atoms with van der Waals surface area (Å²) in [5, 5.41) is 2.96. The zero-order valence-corrected chi connectivity index (χ0v) is 13.3. The van der Waals surface area contributed by atoms with Gasteiger partial charge in [-0.1, -0.05) is 19.3 Å². The summed E-state index contributed by atoms with van der Waals surface area (Å²) in [6.07, 6.45) is 6.25. The molecule has 0 aromatic heterocycles. The first-order valence-corrected chi connectivity index (χ1v) is 8.27. The van der Waals surface area contributed by atoms with Crippen LogP contribution < -0.4 is 5.32 Å². The number of carbonyl (C=O) groups excluding carboxylic acids is 2. The fourth-order valence-corrected chi connectivity index (χ4v) is 3.26. The lowest BCUT2D eigenvalue weighted by Gasteiger charge is -2.31. The quantitative estimate of drug-likeness (QED) is 0.840. The second-order valence-electron chi connectivity index (χ2n) is 6.44. The predicted molar refractivity (Wildman–Crippen MR) is 80.8 cm³/mol. The molecule has 0 bridgehead atoms. The van der Waals surface area contributed by atoms with Gasteiger partial charge in [-0.2, -0.15) is 0 Å². The van der Waals surface area contributed by atoms with Gasteiger partial charge in [-0.25, -0.2) is 0 Å². The molecule has 2 amide bonds. The molecule has 1 aliphatic heterocycles. The van der Waals surface area contributed by atoms with Gasteiger partial charge in [-0.15, -0.1) is 0 Å². The molecule has 1 saturated heterocycles. The Bertz CT molecular complexity index is 365. The van der Waals surface area contributed by atoms with Gasteiger partial charge in [0, 0.05) is 19.5 Å². The van der Waals surface area contributed by atoms with E-state index in [1.165, 1.54) is 19.3 Å². The molecular weight excluding hydrogens is 268 g/mol. The standard InChI is InChI=1S/C16H28N2O3/c1-12(2)21-11-10-18-9-8-14(19)17-15(16(18)20)13-6-4-3-5-7-13/h12-13,15H,3-11H2,1-2H3,(H,17,19). The van der Waals surface area contributed by atoms with E-state index in [2.05, 4.69) is 5.32 Å². The van der Waals surface area contributed by atoms with Crippen molar-refractivity contribution in [3.8, 4) is 0 Å². The van der Waals surface area contributed by atoms with Crippen molar-refractivity contribution < 1.29 is 14.3 Å². The van der Waals surface area contributed by atoms with Gasteiger partial charge in [-0.05, 0) is 32.6 Å². The highest BCUT2D eigenvalue weighted by Crippen LogP contribution is 2.28. The van der Waals surface area contributed by atoms with Gasteiger partial charge in [-0.3, -0.25) is 9.59 Å². The summed E-state index contributed by atoms with van der Waals surface area (Å²) in [5.41, 5.74) is 0. The number of ether oxygens (including phenoxy) is 1. The summed E-state index contributed by atoms with van der Waals surface area (Å²) < 4.78 is 5.54. The molecule has 0 radical (unpaired) electrons. The van der Waals surface area contributed by atoms with Gasteiger partial charge < -0.3 is 15.0 Å². The molecule has 2 fully saturated rings. The van der Waals surface area contributed by atoms with Gasteiger partial charge in [0.1, 0.15) is 6.04 Å². The third kappa shape index (κ3) is 4.70. The Morgan fingerprint density at radius 3 is 2.62 bits per heavy atom. The second-order valence-corrected chi connectivity index (χ2v) is 6.44. The Balaban J connectivity index is 1.97. The van der Waals surface area contributed by atoms with Gasteiger partial charge in [0.2, 0.25) is 11.8 Å². The van der Waals surface area contributed by atoms with Crippen molar-refractivity contribution in [3.63, 3.8) is 0 Å². The average Bonchev–Trinajstić information content (AvgIpc) is 2.61. The third-order valence-corrected chi connectivity index (χ3v) is 4.44. The van der Waals surface area contributed by atoms with Gasteiger partial charge in [0.05, 0.1) is 12.7 Å². The van der Waals surface area contributed by atoms with E-state index >= 15 is 0 Å². The molecule has 0 aromatic rings. The summed E-state index contributed by atoms with van der Waals surface area (Å²) in [5.74, 6) is 0.396. The van der Waals surface area contributed by atoms with Crippen LogP contribution >= 0.6 is 0 Å². The number of amides is 2. The first-order chi connectivity index (χ1) is 10.1. The van der Waals surface area contributed by atoms with Crippen LogP contribution in [0.1, 0.15) is 52.4 Å². The summed E-state index contributed by atoms with van der Waals surface area (Å²) in [6, 6.07) is -0.320. The zero-order chi connectivity index (χ0) is 15.2. The van der Waals surface area contributed by atoms with Crippen molar-refractivity contribution in [2.75, 3.05) is 19.7 Å². The monoisotopic (exact) mass is 296 g/mol. The Labute approximate surface area is 127 Å². The van der Waals surface area contributed by atoms with E-state index in [1.807, 2.05) is 13.8 Å². The molecule has 1 N–H and O–H groups in total. The van der Waals surface area contributed by atoms with Gasteiger partial charge in [0.25, 0.3) is 0 Å². The van der Waals surface area contributed by atoms with Crippen molar-refractivity contribution in [1.82, 2.24) is 10.2 Å². The van der Waals surface area contributed by atoms with E-state index in [0.29, 0.717) is 32.0 Å². The Kier molecular flexibility index (Phi) is 6.03. The van der Waals surface area contributed by atoms with Crippen LogP contribution in [0, 0.1) is 5.92 Å². The van der Waals surface area contributed by atoms with Crippen LogP contribution in [0.4, 0.5) is 0 Å². The molecule has 1 unspecified atom stereocenters. The topological polar surface area (TPSA) is 58.6 Å². The van der Waals surface area contributed by atoms with Crippen LogP contribution in [-0.4, -0.2) is 48.6 Å². The number of carbonyl (C=O) groups is 2. The lowest BCUT2D eigenvalue weighted by molar-refractivity contribution is -0.136. The summed E-state index contributed by atoms with van der Waals surface area (Å²) >= 11 is 0. The molecule has 120 valence electrons. The molecule has 2 aliphatic rings. The van der Waals surface area contributed by atoms with Crippen molar-refractivity contribution in [2.45, 2.75) is 64.5 Å². The van der Waals surface area contributed by atoms with E-state index in [-0.39, 0.29) is 24.0 Å². The Morgan fingerprint density at radius 2 is 1.95 bits per heavy atom. The zero-order valence-electron chi connectivity index (χ0n) is 13.3. The Hall–Kier alpha value is -1.10. The van der Waals surface area contributed by atoms with Crippen LogP contribution in [-0.2, 0) is 14.3 Å². The predicted octanol–water partition coefficient (Wildman–Crippen LogP) is 1.71. The Morgan fingerprint density at radius 1 is 1.24 bits per heavy atom. The largest absolute Gasteiger partial charge is 0.377 e. The normalized spacial score (nSPS) is 25.1. The summed E-state index contributed by atoms with van der Waals surface area (Å²) in [6.45, 7) is 5.60. The van der Waals surface area contributed by atoms with E-state index in [9.17, 15) is 9.59 Å². The van der Waals surface area contributed by atoms with Crippen LogP contribution in [0.3, 0.4) is 0 Å². The SMILES string of the molecule is CC(C)OCCN1CCC(=O)NC(C2CCCCC2)C1=O. The highest BCUT2D eigenvalue weighted by atomic mass is 16.5. The van der Waals surface area contributed by atoms with Crippen molar-refractivity contribution in [2.24, 2.45) is 5.92 Å². The fraction of sp³-hybridized carbons (Fsp3) is 0.875. The maximum absolute atomic E-state index is 12.7. The minimum Gasteiger partial charge on any atom is -0.377 e. The van der Waals surface area contributed by atoms with Crippen LogP contribution in [0.25, 0.3) is 0 Å². The molecule has 1 atom stereocenters. The van der Waals surface area contributed by atoms with Crippen molar-refractivity contribution in [3.05, 3.63) is 0 Å². The smallest absolute Gasteiger partial charge is 0.245 e. The fourth-order valence-electron chi connectivity index (χ4n) is 3.26. The second kappa shape index (κ2) is 7.78. The van der Waals surface area contributed by atoms with E-state index in [4.69, 9.17) is 4.74 Å². The molecule has 0 aromatic carbocycles. The molecule has 1 heterocycles. The highest BCUT2D eigenvalue weighted by Gasteiger charge is 2.35. The highest BCUT2D eigenvalue weighted by molar-refractivity contribution is 5.90. The third-order valence-electron chi connectivity index (χ3n) is 4.44.